The van der Waals surface area contributed by atoms with Gasteiger partial charge in [-0.3, -0.25) is 0 Å². The minimum atomic E-state index is -0.385. The third-order valence-corrected chi connectivity index (χ3v) is 4.42. The van der Waals surface area contributed by atoms with Crippen LogP contribution in [0.25, 0.3) is 10.6 Å². The number of thiazole rings is 1. The van der Waals surface area contributed by atoms with Gasteiger partial charge in [-0.25, -0.2) is 4.98 Å². The molecule has 0 bridgehead atoms. The molecule has 1 heterocycles. The van der Waals surface area contributed by atoms with E-state index in [0.717, 1.165) is 41.3 Å². The number of aryl methyl sites for hydroxylation is 1. The predicted molar refractivity (Wildman–Crippen MR) is 72.0 cm³/mol. The van der Waals surface area contributed by atoms with E-state index in [0.29, 0.717) is 0 Å². The largest absolute Gasteiger partial charge is 0.497 e. The van der Waals surface area contributed by atoms with Crippen LogP contribution in [-0.4, -0.2) is 17.2 Å². The molecule has 4 heteroatoms. The Bertz CT molecular complexity index is 565. The van der Waals surface area contributed by atoms with E-state index in [-0.39, 0.29) is 6.10 Å². The number of aliphatic hydroxyl groups excluding tert-OH is 1. The average molecular weight is 261 g/mol. The second-order valence-corrected chi connectivity index (χ2v) is 5.55. The summed E-state index contributed by atoms with van der Waals surface area (Å²) in [5, 5.41) is 10.9. The van der Waals surface area contributed by atoms with Crippen LogP contribution >= 0.6 is 11.3 Å². The van der Waals surface area contributed by atoms with Gasteiger partial charge in [0.05, 0.1) is 18.9 Å². The zero-order valence-electron chi connectivity index (χ0n) is 10.2. The van der Waals surface area contributed by atoms with Crippen LogP contribution in [0.15, 0.2) is 24.3 Å². The molecule has 1 aliphatic rings. The van der Waals surface area contributed by atoms with E-state index in [9.17, 15) is 5.11 Å². The van der Waals surface area contributed by atoms with Crippen LogP contribution in [0.1, 0.15) is 29.5 Å². The highest BCUT2D eigenvalue weighted by atomic mass is 32.1. The van der Waals surface area contributed by atoms with E-state index < -0.39 is 0 Å². The second-order valence-electron chi connectivity index (χ2n) is 4.47. The molecule has 94 valence electrons. The summed E-state index contributed by atoms with van der Waals surface area (Å²) in [6, 6.07) is 7.90. The Morgan fingerprint density at radius 2 is 2.33 bits per heavy atom. The quantitative estimate of drug-likeness (QED) is 0.902. The lowest BCUT2D eigenvalue weighted by Gasteiger charge is -2.14. The van der Waals surface area contributed by atoms with Gasteiger partial charge in [0.1, 0.15) is 10.8 Å². The Morgan fingerprint density at radius 3 is 3.11 bits per heavy atom. The lowest BCUT2D eigenvalue weighted by atomic mass is 10.0. The molecule has 0 fully saturated rings. The summed E-state index contributed by atoms with van der Waals surface area (Å²) in [5.41, 5.74) is 1.94. The van der Waals surface area contributed by atoms with Gasteiger partial charge in [-0.2, -0.15) is 0 Å². The van der Waals surface area contributed by atoms with Crippen LogP contribution in [0.4, 0.5) is 0 Å². The van der Waals surface area contributed by atoms with Crippen molar-refractivity contribution < 1.29 is 9.84 Å². The molecule has 1 atom stereocenters. The van der Waals surface area contributed by atoms with Gasteiger partial charge in [0.2, 0.25) is 0 Å². The highest BCUT2D eigenvalue weighted by molar-refractivity contribution is 7.15. The molecule has 0 aliphatic heterocycles. The molecule has 0 spiro atoms. The number of aromatic nitrogens is 1. The first-order valence-corrected chi connectivity index (χ1v) is 6.91. The fourth-order valence-corrected chi connectivity index (χ4v) is 3.43. The first-order chi connectivity index (χ1) is 8.78. The van der Waals surface area contributed by atoms with Crippen molar-refractivity contribution in [3.05, 3.63) is 34.8 Å². The summed E-state index contributed by atoms with van der Waals surface area (Å²) in [5.74, 6) is 0.834. The number of ether oxygens (including phenoxy) is 1. The predicted octanol–water partition coefficient (Wildman–Crippen LogP) is 3.19. The third kappa shape index (κ3) is 2.02. The molecule has 18 heavy (non-hydrogen) atoms. The smallest absolute Gasteiger partial charge is 0.124 e. The first-order valence-electron chi connectivity index (χ1n) is 6.10. The number of rotatable bonds is 2. The number of hydrogen-bond acceptors (Lipinski definition) is 4. The van der Waals surface area contributed by atoms with E-state index in [1.54, 1.807) is 18.4 Å². The van der Waals surface area contributed by atoms with Gasteiger partial charge in [-0.1, -0.05) is 12.1 Å². The third-order valence-electron chi connectivity index (χ3n) is 3.24. The van der Waals surface area contributed by atoms with Crippen molar-refractivity contribution in [1.29, 1.82) is 0 Å². The molecule has 1 aliphatic carbocycles. The maximum atomic E-state index is 9.94. The van der Waals surface area contributed by atoms with E-state index >= 15 is 0 Å². The van der Waals surface area contributed by atoms with Crippen molar-refractivity contribution in [1.82, 2.24) is 4.98 Å². The maximum absolute atomic E-state index is 9.94. The van der Waals surface area contributed by atoms with Crippen molar-refractivity contribution >= 4 is 11.3 Å². The number of nitrogens with zero attached hydrogens (tertiary/aromatic N) is 1. The molecule has 0 amide bonds. The lowest BCUT2D eigenvalue weighted by Crippen LogP contribution is -2.07. The van der Waals surface area contributed by atoms with Crippen molar-refractivity contribution in [3.63, 3.8) is 0 Å². The van der Waals surface area contributed by atoms with Crippen LogP contribution in [-0.2, 0) is 6.42 Å². The van der Waals surface area contributed by atoms with Gasteiger partial charge in [-0.05, 0) is 31.4 Å². The van der Waals surface area contributed by atoms with Gasteiger partial charge >= 0.3 is 0 Å². The number of benzene rings is 1. The van der Waals surface area contributed by atoms with Gasteiger partial charge in [-0.15, -0.1) is 11.3 Å². The van der Waals surface area contributed by atoms with Crippen molar-refractivity contribution in [2.45, 2.75) is 25.4 Å². The van der Waals surface area contributed by atoms with Gasteiger partial charge in [0.15, 0.2) is 0 Å². The van der Waals surface area contributed by atoms with E-state index in [1.165, 1.54) is 4.88 Å². The number of methoxy groups -OCH3 is 1. The number of aliphatic hydroxyl groups is 1. The van der Waals surface area contributed by atoms with Crippen molar-refractivity contribution in [3.8, 4) is 16.3 Å². The molecule has 3 rings (SSSR count). The Balaban J connectivity index is 2.01. The Labute approximate surface area is 110 Å². The molecule has 0 saturated heterocycles. The molecule has 1 aromatic heterocycles. The van der Waals surface area contributed by atoms with Crippen LogP contribution in [0.3, 0.4) is 0 Å². The van der Waals surface area contributed by atoms with E-state index in [4.69, 9.17) is 4.74 Å². The molecule has 3 nitrogen and oxygen atoms in total. The topological polar surface area (TPSA) is 42.4 Å². The molecular formula is C14H15NO2S. The first kappa shape index (κ1) is 11.7. The molecule has 1 unspecified atom stereocenters. The van der Waals surface area contributed by atoms with E-state index in [1.807, 2.05) is 24.3 Å². The molecule has 0 saturated carbocycles. The van der Waals surface area contributed by atoms with Crippen molar-refractivity contribution in [2.24, 2.45) is 0 Å². The molecule has 1 N–H and O–H groups in total. The van der Waals surface area contributed by atoms with Gasteiger partial charge in [0, 0.05) is 10.4 Å². The van der Waals surface area contributed by atoms with Crippen LogP contribution in [0, 0.1) is 0 Å². The Kier molecular flexibility index (Phi) is 3.06. The summed E-state index contributed by atoms with van der Waals surface area (Å²) in [4.78, 5) is 5.82. The average Bonchev–Trinajstić information content (AvgIpc) is 2.84. The molecule has 0 radical (unpaired) electrons. The summed E-state index contributed by atoms with van der Waals surface area (Å²) >= 11 is 1.68. The fourth-order valence-electron chi connectivity index (χ4n) is 2.28. The highest BCUT2D eigenvalue weighted by Gasteiger charge is 2.23. The van der Waals surface area contributed by atoms with Crippen LogP contribution in [0.2, 0.25) is 0 Å². The summed E-state index contributed by atoms with van der Waals surface area (Å²) in [6.07, 6.45) is 2.53. The lowest BCUT2D eigenvalue weighted by molar-refractivity contribution is 0.153. The molecule has 1 aromatic carbocycles. The van der Waals surface area contributed by atoms with E-state index in [2.05, 4.69) is 4.98 Å². The van der Waals surface area contributed by atoms with Crippen LogP contribution < -0.4 is 4.74 Å². The summed E-state index contributed by atoms with van der Waals surface area (Å²) in [7, 11) is 1.66. The van der Waals surface area contributed by atoms with Gasteiger partial charge in [0.25, 0.3) is 0 Å². The minimum Gasteiger partial charge on any atom is -0.497 e. The minimum absolute atomic E-state index is 0.385. The maximum Gasteiger partial charge on any atom is 0.124 e. The monoisotopic (exact) mass is 261 g/mol. The SMILES string of the molecule is COc1cccc(-c2nc3c(s2)CCCC3O)c1. The van der Waals surface area contributed by atoms with Gasteiger partial charge < -0.3 is 9.84 Å². The van der Waals surface area contributed by atoms with Crippen LogP contribution in [0.5, 0.6) is 5.75 Å². The summed E-state index contributed by atoms with van der Waals surface area (Å²) < 4.78 is 5.23. The zero-order valence-corrected chi connectivity index (χ0v) is 11.0. The Morgan fingerprint density at radius 1 is 1.44 bits per heavy atom. The number of hydrogen-bond donors (Lipinski definition) is 1. The fraction of sp³-hybridized carbons (Fsp3) is 0.357. The standard InChI is InChI=1S/C14H15NO2S/c1-17-10-5-2-4-9(8-10)14-15-13-11(16)6-3-7-12(13)18-14/h2,4-5,8,11,16H,3,6-7H2,1H3. The molecular weight excluding hydrogens is 246 g/mol. The second kappa shape index (κ2) is 4.71. The summed E-state index contributed by atoms with van der Waals surface area (Å²) in [6.45, 7) is 0. The van der Waals surface area contributed by atoms with Crippen molar-refractivity contribution in [2.75, 3.05) is 7.11 Å². The Hall–Kier alpha value is -1.39. The normalized spacial score (nSPS) is 18.4. The number of fused-ring (bicyclic) bond motifs is 1. The molecule has 2 aromatic rings. The zero-order chi connectivity index (χ0) is 12.5. The highest BCUT2D eigenvalue weighted by Crippen LogP contribution is 2.37.